The van der Waals surface area contributed by atoms with Crippen molar-refractivity contribution in [1.82, 2.24) is 0 Å². The number of halogens is 1. The molecular weight excluding hydrogens is 517 g/mol. The molecule has 0 radical (unpaired) electrons. The molecule has 0 saturated heterocycles. The number of anilines is 2. The molecule has 1 heterocycles. The van der Waals surface area contributed by atoms with Crippen LogP contribution in [0.4, 0.5) is 15.1 Å². The SMILES string of the molecule is CCC(Sc1cccc(NC(=O)c2ccccc2F)c1)C(=O)Nc1sc2c(c1C#N)CCC(C(C)(C)C)C2. The smallest absolute Gasteiger partial charge is 0.258 e. The van der Waals surface area contributed by atoms with Crippen LogP contribution in [0.2, 0.25) is 0 Å². The number of nitrogens with zero attached hydrogens (tertiary/aromatic N) is 1. The number of carbonyl (C=O) groups excluding carboxylic acids is 2. The lowest BCUT2D eigenvalue weighted by Crippen LogP contribution is -2.26. The van der Waals surface area contributed by atoms with Gasteiger partial charge in [-0.3, -0.25) is 9.59 Å². The quantitative estimate of drug-likeness (QED) is 0.296. The van der Waals surface area contributed by atoms with Gasteiger partial charge in [0, 0.05) is 15.5 Å². The predicted octanol–water partition coefficient (Wildman–Crippen LogP) is 7.67. The zero-order valence-corrected chi connectivity index (χ0v) is 23.7. The highest BCUT2D eigenvalue weighted by Gasteiger charge is 2.33. The van der Waals surface area contributed by atoms with Crippen LogP contribution in [0.1, 0.15) is 66.9 Å². The number of fused-ring (bicyclic) bond motifs is 1. The molecule has 0 fully saturated rings. The fourth-order valence-corrected chi connectivity index (χ4v) is 7.00. The van der Waals surface area contributed by atoms with Gasteiger partial charge in [0.2, 0.25) is 5.91 Å². The van der Waals surface area contributed by atoms with Gasteiger partial charge in [0.1, 0.15) is 16.9 Å². The molecule has 1 aliphatic carbocycles. The predicted molar refractivity (Wildman–Crippen MR) is 153 cm³/mol. The van der Waals surface area contributed by atoms with Crippen molar-refractivity contribution < 1.29 is 14.0 Å². The minimum absolute atomic E-state index is 0.0304. The van der Waals surface area contributed by atoms with E-state index < -0.39 is 11.7 Å². The Morgan fingerprint density at radius 3 is 2.63 bits per heavy atom. The number of thioether (sulfide) groups is 1. The first kappa shape index (κ1) is 27.9. The second kappa shape index (κ2) is 11.7. The average molecular weight is 550 g/mol. The van der Waals surface area contributed by atoms with Crippen LogP contribution in [0.15, 0.2) is 53.4 Å². The summed E-state index contributed by atoms with van der Waals surface area (Å²) in [6.45, 7) is 8.72. The molecular formula is C30H32FN3O2S2. The number of nitrogens with one attached hydrogen (secondary N) is 2. The molecule has 2 amide bonds. The largest absolute Gasteiger partial charge is 0.322 e. The Hall–Kier alpha value is -3.15. The summed E-state index contributed by atoms with van der Waals surface area (Å²) in [5.74, 6) is -0.719. The third-order valence-electron chi connectivity index (χ3n) is 6.99. The first-order valence-corrected chi connectivity index (χ1v) is 14.5. The number of amides is 2. The summed E-state index contributed by atoms with van der Waals surface area (Å²) >= 11 is 2.93. The fourth-order valence-electron chi connectivity index (χ4n) is 4.70. The van der Waals surface area contributed by atoms with Crippen LogP contribution in [0, 0.1) is 28.5 Å². The number of carbonyl (C=O) groups is 2. The van der Waals surface area contributed by atoms with Crippen molar-refractivity contribution >= 4 is 45.6 Å². The molecule has 2 atom stereocenters. The summed E-state index contributed by atoms with van der Waals surface area (Å²) < 4.78 is 14.0. The Balaban J connectivity index is 1.46. The topological polar surface area (TPSA) is 82.0 Å². The molecule has 0 spiro atoms. The fraction of sp³-hybridized carbons (Fsp3) is 0.367. The van der Waals surface area contributed by atoms with Crippen molar-refractivity contribution in [2.45, 2.75) is 63.5 Å². The van der Waals surface area contributed by atoms with Gasteiger partial charge < -0.3 is 10.6 Å². The molecule has 0 saturated carbocycles. The summed E-state index contributed by atoms with van der Waals surface area (Å²) in [5.41, 5.74) is 2.38. The summed E-state index contributed by atoms with van der Waals surface area (Å²) in [4.78, 5) is 27.8. The Morgan fingerprint density at radius 1 is 1.18 bits per heavy atom. The van der Waals surface area contributed by atoms with E-state index in [4.69, 9.17) is 0 Å². The van der Waals surface area contributed by atoms with Gasteiger partial charge in [-0.2, -0.15) is 5.26 Å². The number of rotatable bonds is 7. The Kier molecular flexibility index (Phi) is 8.59. The molecule has 2 N–H and O–H groups in total. The van der Waals surface area contributed by atoms with Crippen molar-refractivity contribution in [1.29, 1.82) is 5.26 Å². The number of thiophene rings is 1. The van der Waals surface area contributed by atoms with Crippen LogP contribution >= 0.6 is 23.1 Å². The lowest BCUT2D eigenvalue weighted by atomic mass is 9.72. The number of hydrogen-bond acceptors (Lipinski definition) is 5. The van der Waals surface area contributed by atoms with Gasteiger partial charge in [-0.25, -0.2) is 4.39 Å². The van der Waals surface area contributed by atoms with Crippen LogP contribution in [0.5, 0.6) is 0 Å². The van der Waals surface area contributed by atoms with E-state index in [1.807, 2.05) is 13.0 Å². The van der Waals surface area contributed by atoms with Crippen molar-refractivity contribution in [2.24, 2.45) is 11.3 Å². The van der Waals surface area contributed by atoms with E-state index in [9.17, 15) is 19.2 Å². The molecule has 2 unspecified atom stereocenters. The number of hydrogen-bond donors (Lipinski definition) is 2. The van der Waals surface area contributed by atoms with Crippen molar-refractivity contribution in [3.05, 3.63) is 75.9 Å². The lowest BCUT2D eigenvalue weighted by Gasteiger charge is -2.33. The Labute approximate surface area is 231 Å². The van der Waals surface area contributed by atoms with Crippen LogP contribution in [0.25, 0.3) is 0 Å². The molecule has 0 bridgehead atoms. The molecule has 8 heteroatoms. The molecule has 2 aromatic carbocycles. The van der Waals surface area contributed by atoms with Crippen molar-refractivity contribution in [3.63, 3.8) is 0 Å². The van der Waals surface area contributed by atoms with Crippen LogP contribution in [-0.2, 0) is 17.6 Å². The highest BCUT2D eigenvalue weighted by atomic mass is 32.2. The minimum Gasteiger partial charge on any atom is -0.322 e. The van der Waals surface area contributed by atoms with Crippen LogP contribution in [-0.4, -0.2) is 17.1 Å². The molecule has 38 heavy (non-hydrogen) atoms. The van der Waals surface area contributed by atoms with E-state index in [1.165, 1.54) is 46.2 Å². The van der Waals surface area contributed by atoms with E-state index >= 15 is 0 Å². The van der Waals surface area contributed by atoms with Crippen LogP contribution in [0.3, 0.4) is 0 Å². The van der Waals surface area contributed by atoms with E-state index in [0.29, 0.717) is 28.6 Å². The van der Waals surface area contributed by atoms with Crippen molar-refractivity contribution in [2.75, 3.05) is 10.6 Å². The normalized spacial score (nSPS) is 15.7. The molecule has 3 aromatic rings. The maximum absolute atomic E-state index is 14.0. The van der Waals surface area contributed by atoms with Gasteiger partial charge in [0.05, 0.1) is 16.4 Å². The summed E-state index contributed by atoms with van der Waals surface area (Å²) in [7, 11) is 0. The molecule has 5 nitrogen and oxygen atoms in total. The summed E-state index contributed by atoms with van der Waals surface area (Å²) in [5, 5.41) is 15.9. The van der Waals surface area contributed by atoms with Gasteiger partial charge in [-0.1, -0.05) is 45.9 Å². The lowest BCUT2D eigenvalue weighted by molar-refractivity contribution is -0.115. The zero-order valence-electron chi connectivity index (χ0n) is 22.1. The molecule has 1 aliphatic rings. The molecule has 1 aromatic heterocycles. The van der Waals surface area contributed by atoms with E-state index in [0.717, 1.165) is 29.7 Å². The molecule has 0 aliphatic heterocycles. The zero-order chi connectivity index (χ0) is 27.4. The number of benzene rings is 2. The van der Waals surface area contributed by atoms with Gasteiger partial charge in [-0.05, 0) is 72.9 Å². The maximum Gasteiger partial charge on any atom is 0.258 e. The second-order valence-corrected chi connectivity index (χ2v) is 13.0. The average Bonchev–Trinajstić information content (AvgIpc) is 3.23. The summed E-state index contributed by atoms with van der Waals surface area (Å²) in [6.07, 6.45) is 3.43. The highest BCUT2D eigenvalue weighted by Crippen LogP contribution is 2.44. The minimum atomic E-state index is -0.584. The van der Waals surface area contributed by atoms with Gasteiger partial charge in [-0.15, -0.1) is 23.1 Å². The monoisotopic (exact) mass is 549 g/mol. The van der Waals surface area contributed by atoms with E-state index in [2.05, 4.69) is 37.5 Å². The van der Waals surface area contributed by atoms with Crippen molar-refractivity contribution in [3.8, 4) is 6.07 Å². The van der Waals surface area contributed by atoms with Crippen LogP contribution < -0.4 is 10.6 Å². The Morgan fingerprint density at radius 2 is 1.95 bits per heavy atom. The first-order valence-electron chi connectivity index (χ1n) is 12.8. The summed E-state index contributed by atoms with van der Waals surface area (Å²) in [6, 6.07) is 15.3. The van der Waals surface area contributed by atoms with E-state index in [1.54, 1.807) is 24.3 Å². The van der Waals surface area contributed by atoms with Gasteiger partial charge in [0.25, 0.3) is 5.91 Å². The van der Waals surface area contributed by atoms with Gasteiger partial charge in [0.15, 0.2) is 0 Å². The highest BCUT2D eigenvalue weighted by molar-refractivity contribution is 8.00. The van der Waals surface area contributed by atoms with Gasteiger partial charge >= 0.3 is 0 Å². The third kappa shape index (κ3) is 6.28. The second-order valence-electron chi connectivity index (χ2n) is 10.6. The van der Waals surface area contributed by atoms with E-state index in [-0.39, 0.29) is 22.1 Å². The Bertz CT molecular complexity index is 1390. The maximum atomic E-state index is 14.0. The standard InChI is InChI=1S/C30H32FN3O2S2/c1-5-25(37-20-10-8-9-19(16-20)33-27(35)22-11-6-7-12-24(22)31)28(36)34-29-23(17-32)21-14-13-18(30(2,3)4)15-26(21)38-29/h6-12,16,18,25H,5,13-15H2,1-4H3,(H,33,35)(H,34,36). The number of nitriles is 1. The molecule has 198 valence electrons. The first-order chi connectivity index (χ1) is 18.1. The third-order valence-corrected chi connectivity index (χ3v) is 9.52. The molecule has 4 rings (SSSR count).